The van der Waals surface area contributed by atoms with Crippen LogP contribution < -0.4 is 10.6 Å². The van der Waals surface area contributed by atoms with Crippen molar-refractivity contribution in [2.45, 2.75) is 65.7 Å². The van der Waals surface area contributed by atoms with Crippen molar-refractivity contribution in [1.29, 1.82) is 0 Å². The summed E-state index contributed by atoms with van der Waals surface area (Å²) in [6, 6.07) is 14.4. The number of nitrogens with one attached hydrogen (secondary N) is 2. The molecule has 0 fully saturated rings. The number of amides is 2. The van der Waals surface area contributed by atoms with E-state index in [2.05, 4.69) is 17.6 Å². The smallest absolute Gasteiger partial charge is 0.426 e. The van der Waals surface area contributed by atoms with Gasteiger partial charge in [-0.25, -0.2) is 0 Å². The second-order valence-corrected chi connectivity index (χ2v) is 9.86. The molecular weight excluding hydrogens is 455 g/mol. The van der Waals surface area contributed by atoms with Gasteiger partial charge in [0.05, 0.1) is 11.9 Å². The molecule has 8 heteroatoms. The summed E-state index contributed by atoms with van der Waals surface area (Å²) in [7, 11) is -1.73. The van der Waals surface area contributed by atoms with Gasteiger partial charge in [-0.3, -0.25) is 14.4 Å². The summed E-state index contributed by atoms with van der Waals surface area (Å²) < 4.78 is 0. The molecule has 0 radical (unpaired) electrons. The van der Waals surface area contributed by atoms with Gasteiger partial charge in [0.1, 0.15) is 0 Å². The van der Waals surface area contributed by atoms with Crippen LogP contribution >= 0.6 is 0 Å². The highest BCUT2D eigenvalue weighted by Gasteiger charge is 2.30. The fourth-order valence-corrected chi connectivity index (χ4v) is 3.92. The molecule has 2 atom stereocenters. The van der Waals surface area contributed by atoms with Gasteiger partial charge in [0.15, 0.2) is 5.78 Å². The second-order valence-electron chi connectivity index (χ2n) is 9.86. The third-order valence-electron chi connectivity index (χ3n) is 6.13. The van der Waals surface area contributed by atoms with Crippen molar-refractivity contribution >= 4 is 24.7 Å². The Kier molecular flexibility index (Phi) is 11.8. The lowest BCUT2D eigenvalue weighted by Crippen LogP contribution is -2.50. The third kappa shape index (κ3) is 9.59. The minimum absolute atomic E-state index is 0.0607. The largest absolute Gasteiger partial charge is 0.475 e. The van der Waals surface area contributed by atoms with E-state index in [-0.39, 0.29) is 30.6 Å². The first-order valence-electron chi connectivity index (χ1n) is 12.7. The van der Waals surface area contributed by atoms with Crippen LogP contribution in [0.25, 0.3) is 0 Å². The van der Waals surface area contributed by atoms with Crippen molar-refractivity contribution in [2.24, 2.45) is 11.8 Å². The van der Waals surface area contributed by atoms with Crippen LogP contribution in [0.15, 0.2) is 48.5 Å². The lowest BCUT2D eigenvalue weighted by atomic mass is 9.74. The van der Waals surface area contributed by atoms with Crippen LogP contribution in [0.1, 0.15) is 78.3 Å². The summed E-state index contributed by atoms with van der Waals surface area (Å²) in [5.41, 5.74) is 3.13. The maximum atomic E-state index is 13.1. The summed E-state index contributed by atoms with van der Waals surface area (Å²) in [4.78, 5) is 38.8. The number of unbranched alkanes of at least 4 members (excludes halogenated alkanes) is 1. The van der Waals surface area contributed by atoms with Gasteiger partial charge in [0.25, 0.3) is 5.91 Å². The quantitative estimate of drug-likeness (QED) is 0.237. The Bertz CT molecular complexity index is 990. The molecule has 4 N–H and O–H groups in total. The van der Waals surface area contributed by atoms with E-state index in [0.29, 0.717) is 17.5 Å². The van der Waals surface area contributed by atoms with E-state index in [4.69, 9.17) is 0 Å². The number of rotatable bonds is 14. The standard InChI is InChI=1S/C28H39BN2O5/c1-5-6-7-21-10-14-22(15-11-21)25(32)17-24(28(34)31-26(29(35)36)16-19(2)3)18-30-27(33)23-12-8-20(4)9-13-23/h8-15,19,24,26,35-36H,5-7,16-18H2,1-4H3,(H,30,33)(H,31,34)/t24-,26-/m0/s1. The molecular formula is C28H39BN2O5. The number of carbonyl (C=O) groups excluding carboxylic acids is 3. The zero-order valence-electron chi connectivity index (χ0n) is 21.8. The SMILES string of the molecule is CCCCc1ccc(C(=O)C[C@@H](CNC(=O)c2ccc(C)cc2)C(=O)N[C@@H](CC(C)C)B(O)O)cc1. The van der Waals surface area contributed by atoms with Gasteiger partial charge < -0.3 is 20.7 Å². The zero-order chi connectivity index (χ0) is 26.7. The number of carbonyl (C=O) groups is 3. The molecule has 0 unspecified atom stereocenters. The number of hydrogen-bond acceptors (Lipinski definition) is 5. The Morgan fingerprint density at radius 1 is 0.944 bits per heavy atom. The Morgan fingerprint density at radius 2 is 1.56 bits per heavy atom. The van der Waals surface area contributed by atoms with E-state index in [9.17, 15) is 24.4 Å². The Labute approximate surface area is 214 Å². The van der Waals surface area contributed by atoms with Gasteiger partial charge in [0, 0.05) is 24.1 Å². The average Bonchev–Trinajstić information content (AvgIpc) is 2.84. The molecule has 2 aromatic carbocycles. The number of Topliss-reactive ketones (excluding diaryl/α,β-unsaturated/α-hetero) is 1. The van der Waals surface area contributed by atoms with Crippen molar-refractivity contribution in [1.82, 2.24) is 10.6 Å². The number of hydrogen-bond donors (Lipinski definition) is 4. The average molecular weight is 494 g/mol. The highest BCUT2D eigenvalue weighted by Crippen LogP contribution is 2.15. The molecule has 0 aromatic heterocycles. The first kappa shape index (κ1) is 29.3. The van der Waals surface area contributed by atoms with E-state index in [0.717, 1.165) is 30.4 Å². The highest BCUT2D eigenvalue weighted by molar-refractivity contribution is 6.43. The first-order chi connectivity index (χ1) is 17.1. The van der Waals surface area contributed by atoms with E-state index in [1.54, 1.807) is 24.3 Å². The molecule has 0 spiro atoms. The number of ketones is 1. The molecule has 7 nitrogen and oxygen atoms in total. The van der Waals surface area contributed by atoms with Crippen LogP contribution in [0.5, 0.6) is 0 Å². The van der Waals surface area contributed by atoms with Crippen molar-refractivity contribution in [3.05, 3.63) is 70.8 Å². The van der Waals surface area contributed by atoms with Gasteiger partial charge in [-0.1, -0.05) is 69.2 Å². The number of aryl methyl sites for hydroxylation is 2. The Morgan fingerprint density at radius 3 is 2.11 bits per heavy atom. The van der Waals surface area contributed by atoms with Gasteiger partial charge in [0.2, 0.25) is 5.91 Å². The normalized spacial score (nSPS) is 12.6. The van der Waals surface area contributed by atoms with Crippen molar-refractivity contribution in [3.63, 3.8) is 0 Å². The maximum absolute atomic E-state index is 13.1. The summed E-state index contributed by atoms with van der Waals surface area (Å²) in [5, 5.41) is 24.9. The molecule has 0 saturated heterocycles. The third-order valence-corrected chi connectivity index (χ3v) is 6.13. The van der Waals surface area contributed by atoms with E-state index in [1.165, 1.54) is 0 Å². The van der Waals surface area contributed by atoms with Crippen LogP contribution in [0.3, 0.4) is 0 Å². The summed E-state index contributed by atoms with van der Waals surface area (Å²) in [5.74, 6) is -2.70. The monoisotopic (exact) mass is 494 g/mol. The summed E-state index contributed by atoms with van der Waals surface area (Å²) in [6.07, 6.45) is 3.35. The number of benzene rings is 2. The Balaban J connectivity index is 2.15. The molecule has 0 aliphatic heterocycles. The van der Waals surface area contributed by atoms with Crippen LogP contribution in [-0.2, 0) is 11.2 Å². The van der Waals surface area contributed by atoms with E-state index >= 15 is 0 Å². The molecule has 194 valence electrons. The van der Waals surface area contributed by atoms with Crippen molar-refractivity contribution in [2.75, 3.05) is 6.54 Å². The highest BCUT2D eigenvalue weighted by atomic mass is 16.4. The van der Waals surface area contributed by atoms with E-state index < -0.39 is 24.9 Å². The van der Waals surface area contributed by atoms with Crippen LogP contribution in [-0.4, -0.2) is 47.2 Å². The predicted octanol–water partition coefficient (Wildman–Crippen LogP) is 3.50. The molecule has 0 heterocycles. The maximum Gasteiger partial charge on any atom is 0.475 e. The second kappa shape index (κ2) is 14.6. The van der Waals surface area contributed by atoms with Crippen molar-refractivity contribution < 1.29 is 24.4 Å². The van der Waals surface area contributed by atoms with Gasteiger partial charge >= 0.3 is 7.12 Å². The molecule has 0 aliphatic rings. The van der Waals surface area contributed by atoms with Crippen LogP contribution in [0.2, 0.25) is 0 Å². The lowest BCUT2D eigenvalue weighted by Gasteiger charge is -2.23. The Hall–Kier alpha value is -2.97. The minimum Gasteiger partial charge on any atom is -0.426 e. The fourth-order valence-electron chi connectivity index (χ4n) is 3.92. The topological polar surface area (TPSA) is 116 Å². The molecule has 0 aliphatic carbocycles. The first-order valence-corrected chi connectivity index (χ1v) is 12.7. The minimum atomic E-state index is -1.73. The molecule has 0 bridgehead atoms. The lowest BCUT2D eigenvalue weighted by molar-refractivity contribution is -0.125. The molecule has 36 heavy (non-hydrogen) atoms. The van der Waals surface area contributed by atoms with E-state index in [1.807, 2.05) is 45.0 Å². The van der Waals surface area contributed by atoms with Crippen molar-refractivity contribution in [3.8, 4) is 0 Å². The van der Waals surface area contributed by atoms with Gasteiger partial charge in [-0.2, -0.15) is 0 Å². The van der Waals surface area contributed by atoms with Gasteiger partial charge in [-0.05, 0) is 49.8 Å². The zero-order valence-corrected chi connectivity index (χ0v) is 21.8. The summed E-state index contributed by atoms with van der Waals surface area (Å²) >= 11 is 0. The van der Waals surface area contributed by atoms with Crippen LogP contribution in [0.4, 0.5) is 0 Å². The molecule has 0 saturated carbocycles. The summed E-state index contributed by atoms with van der Waals surface area (Å²) in [6.45, 7) is 7.81. The predicted molar refractivity (Wildman–Crippen MR) is 143 cm³/mol. The van der Waals surface area contributed by atoms with Crippen LogP contribution in [0, 0.1) is 18.8 Å². The van der Waals surface area contributed by atoms with Gasteiger partial charge in [-0.15, -0.1) is 0 Å². The molecule has 2 rings (SSSR count). The molecule has 2 aromatic rings. The molecule has 2 amide bonds. The fraction of sp³-hybridized carbons (Fsp3) is 0.464.